The third-order valence-corrected chi connectivity index (χ3v) is 7.15. The number of carbonyl (C=O) groups excluding carboxylic acids is 1. The molecule has 0 aliphatic carbocycles. The van der Waals surface area contributed by atoms with Crippen molar-refractivity contribution in [1.29, 1.82) is 0 Å². The van der Waals surface area contributed by atoms with Gasteiger partial charge in [0.25, 0.3) is 5.91 Å². The fraction of sp³-hybridized carbons (Fsp3) is 0.292. The van der Waals surface area contributed by atoms with Gasteiger partial charge in [-0.2, -0.15) is 4.68 Å². The van der Waals surface area contributed by atoms with E-state index in [-0.39, 0.29) is 16.4 Å². The van der Waals surface area contributed by atoms with Crippen molar-refractivity contribution in [3.63, 3.8) is 0 Å². The van der Waals surface area contributed by atoms with E-state index in [1.54, 1.807) is 27.8 Å². The van der Waals surface area contributed by atoms with Gasteiger partial charge < -0.3 is 14.5 Å². The van der Waals surface area contributed by atoms with Crippen LogP contribution in [0.3, 0.4) is 0 Å². The molecule has 186 valence electrons. The summed E-state index contributed by atoms with van der Waals surface area (Å²) in [5.74, 6) is 1.11. The third-order valence-electron chi connectivity index (χ3n) is 5.99. The molecule has 0 radical (unpaired) electrons. The van der Waals surface area contributed by atoms with Gasteiger partial charge in [0, 0.05) is 32.4 Å². The molecule has 11 nitrogen and oxygen atoms in total. The minimum absolute atomic E-state index is 0.0424. The van der Waals surface area contributed by atoms with E-state index < -0.39 is 9.84 Å². The average molecular weight is 508 g/mol. The van der Waals surface area contributed by atoms with Gasteiger partial charge in [0.2, 0.25) is 0 Å². The lowest BCUT2D eigenvalue weighted by Crippen LogP contribution is -2.49. The summed E-state index contributed by atoms with van der Waals surface area (Å²) in [7, 11) is -3.52. The van der Waals surface area contributed by atoms with Gasteiger partial charge in [-0.1, -0.05) is 17.3 Å². The fourth-order valence-corrected chi connectivity index (χ4v) is 5.13. The van der Waals surface area contributed by atoms with E-state index >= 15 is 0 Å². The zero-order valence-electron chi connectivity index (χ0n) is 19.9. The summed E-state index contributed by atoms with van der Waals surface area (Å²) >= 11 is 0. The molecule has 0 unspecified atom stereocenters. The van der Waals surface area contributed by atoms with Crippen molar-refractivity contribution >= 4 is 32.7 Å². The van der Waals surface area contributed by atoms with Crippen LogP contribution in [0.25, 0.3) is 16.9 Å². The zero-order valence-corrected chi connectivity index (χ0v) is 20.7. The second-order valence-corrected chi connectivity index (χ2v) is 10.3. The first-order chi connectivity index (χ1) is 17.4. The molecule has 2 aromatic heterocycles. The van der Waals surface area contributed by atoms with Gasteiger partial charge in [0.1, 0.15) is 12.1 Å². The lowest BCUT2D eigenvalue weighted by atomic mass is 10.2. The highest BCUT2D eigenvalue weighted by atomic mass is 32.2. The molecule has 0 saturated carbocycles. The summed E-state index contributed by atoms with van der Waals surface area (Å²) < 4.78 is 31.4. The van der Waals surface area contributed by atoms with Crippen LogP contribution in [0.1, 0.15) is 17.3 Å². The second kappa shape index (κ2) is 9.53. The summed E-state index contributed by atoms with van der Waals surface area (Å²) in [6, 6.07) is 13.8. The van der Waals surface area contributed by atoms with E-state index in [2.05, 4.69) is 20.3 Å². The Kier molecular flexibility index (Phi) is 6.27. The van der Waals surface area contributed by atoms with Gasteiger partial charge in [-0.15, -0.1) is 5.10 Å². The van der Waals surface area contributed by atoms with Gasteiger partial charge in [-0.05, 0) is 43.3 Å². The number of nitrogens with zero attached hydrogens (tertiary/aromatic N) is 7. The molecule has 5 rings (SSSR count). The smallest absolute Gasteiger partial charge is 0.255 e. The Hall–Kier alpha value is -4.06. The molecular formula is C24H25N7O4S. The number of sulfone groups is 1. The third kappa shape index (κ3) is 4.47. The number of rotatable bonds is 6. The largest absolute Gasteiger partial charge is 0.494 e. The van der Waals surface area contributed by atoms with Crippen LogP contribution < -0.4 is 9.64 Å². The molecule has 4 aromatic rings. The first-order valence-corrected chi connectivity index (χ1v) is 13.4. The van der Waals surface area contributed by atoms with E-state index in [0.29, 0.717) is 49.8 Å². The van der Waals surface area contributed by atoms with E-state index in [9.17, 15) is 13.2 Å². The van der Waals surface area contributed by atoms with Gasteiger partial charge in [0.05, 0.1) is 22.8 Å². The molecule has 1 fully saturated rings. The highest BCUT2D eigenvalue weighted by molar-refractivity contribution is 7.90. The Labute approximate surface area is 208 Å². The van der Waals surface area contributed by atoms with Crippen LogP contribution in [-0.2, 0) is 9.84 Å². The molecule has 36 heavy (non-hydrogen) atoms. The van der Waals surface area contributed by atoms with E-state index in [4.69, 9.17) is 4.74 Å². The van der Waals surface area contributed by atoms with Crippen LogP contribution in [0.4, 0.5) is 5.82 Å². The van der Waals surface area contributed by atoms with E-state index in [1.807, 2.05) is 36.1 Å². The van der Waals surface area contributed by atoms with Crippen molar-refractivity contribution < 1.29 is 17.9 Å². The Bertz CT molecular complexity index is 1510. The summed E-state index contributed by atoms with van der Waals surface area (Å²) in [4.78, 5) is 25.7. The predicted octanol–water partition coefficient (Wildman–Crippen LogP) is 1.98. The van der Waals surface area contributed by atoms with Crippen LogP contribution in [0.5, 0.6) is 5.75 Å². The molecule has 0 N–H and O–H groups in total. The number of carbonyl (C=O) groups is 1. The Morgan fingerprint density at radius 2 is 1.72 bits per heavy atom. The minimum atomic E-state index is -3.52. The summed E-state index contributed by atoms with van der Waals surface area (Å²) in [5, 5.41) is 8.62. The Morgan fingerprint density at radius 1 is 1.00 bits per heavy atom. The molecule has 12 heteroatoms. The van der Waals surface area contributed by atoms with Crippen molar-refractivity contribution in [3.8, 4) is 11.4 Å². The van der Waals surface area contributed by atoms with Crippen LogP contribution >= 0.6 is 0 Å². The minimum Gasteiger partial charge on any atom is -0.494 e. The maximum absolute atomic E-state index is 13.1. The average Bonchev–Trinajstić information content (AvgIpc) is 3.33. The highest BCUT2D eigenvalue weighted by Gasteiger charge is 2.28. The molecule has 1 amide bonds. The van der Waals surface area contributed by atoms with Gasteiger partial charge in [0.15, 0.2) is 26.8 Å². The quantitative estimate of drug-likeness (QED) is 0.385. The molecule has 3 heterocycles. The topological polar surface area (TPSA) is 123 Å². The normalized spacial score (nSPS) is 14.3. The summed E-state index contributed by atoms with van der Waals surface area (Å²) in [6.45, 7) is 4.36. The van der Waals surface area contributed by atoms with E-state index in [1.165, 1.54) is 12.4 Å². The van der Waals surface area contributed by atoms with E-state index in [0.717, 1.165) is 17.7 Å². The number of hydrogen-bond donors (Lipinski definition) is 0. The van der Waals surface area contributed by atoms with Crippen molar-refractivity contribution in [3.05, 3.63) is 60.4 Å². The molecule has 0 bridgehead atoms. The first-order valence-electron chi connectivity index (χ1n) is 11.5. The summed E-state index contributed by atoms with van der Waals surface area (Å²) in [5.41, 5.74) is 2.13. The lowest BCUT2D eigenvalue weighted by Gasteiger charge is -2.35. The highest BCUT2D eigenvalue weighted by Crippen LogP contribution is 2.25. The van der Waals surface area contributed by atoms with Crippen LogP contribution in [0.2, 0.25) is 0 Å². The monoisotopic (exact) mass is 507 g/mol. The number of ether oxygens (including phenoxy) is 1. The second-order valence-electron chi connectivity index (χ2n) is 8.35. The number of benzene rings is 2. The van der Waals surface area contributed by atoms with Crippen molar-refractivity contribution in [1.82, 2.24) is 29.9 Å². The standard InChI is InChI=1S/C24H25N7O4S/c1-3-35-18-10-8-17(9-11-18)31-23-21(27-28-31)22(25-16-26-23)29-12-14-30(15-13-29)24(32)19-6-4-5-7-20(19)36(2,33)34/h4-11,16H,3,12-15H2,1-2H3. The Balaban J connectivity index is 1.35. The van der Waals surface area contributed by atoms with Crippen LogP contribution in [-0.4, -0.2) is 83.2 Å². The molecular weight excluding hydrogens is 482 g/mol. The number of piperazine rings is 1. The maximum Gasteiger partial charge on any atom is 0.255 e. The van der Waals surface area contributed by atoms with Gasteiger partial charge in [-0.3, -0.25) is 4.79 Å². The number of hydrogen-bond acceptors (Lipinski definition) is 9. The Morgan fingerprint density at radius 3 is 2.42 bits per heavy atom. The molecule has 0 spiro atoms. The summed E-state index contributed by atoms with van der Waals surface area (Å²) in [6.07, 6.45) is 2.59. The van der Waals surface area contributed by atoms with Crippen molar-refractivity contribution in [2.24, 2.45) is 0 Å². The number of anilines is 1. The number of aromatic nitrogens is 5. The zero-order chi connectivity index (χ0) is 25.3. The predicted molar refractivity (Wildman–Crippen MR) is 133 cm³/mol. The van der Waals surface area contributed by atoms with Gasteiger partial charge >= 0.3 is 0 Å². The molecule has 1 aliphatic rings. The van der Waals surface area contributed by atoms with Crippen LogP contribution in [0.15, 0.2) is 59.8 Å². The molecule has 1 aliphatic heterocycles. The van der Waals surface area contributed by atoms with Gasteiger partial charge in [-0.25, -0.2) is 18.4 Å². The van der Waals surface area contributed by atoms with Crippen molar-refractivity contribution in [2.75, 3.05) is 43.9 Å². The maximum atomic E-state index is 13.1. The molecule has 2 aromatic carbocycles. The van der Waals surface area contributed by atoms with Crippen LogP contribution in [0, 0.1) is 0 Å². The fourth-order valence-electron chi connectivity index (χ4n) is 4.25. The molecule has 0 atom stereocenters. The number of fused-ring (bicyclic) bond motifs is 1. The first kappa shape index (κ1) is 23.7. The number of amides is 1. The SMILES string of the molecule is CCOc1ccc(-n2nnc3c(N4CCN(C(=O)c5ccccc5S(C)(=O)=O)CC4)ncnc32)cc1. The lowest BCUT2D eigenvalue weighted by molar-refractivity contribution is 0.0742. The van der Waals surface area contributed by atoms with Crippen molar-refractivity contribution in [2.45, 2.75) is 11.8 Å². The molecule has 1 saturated heterocycles.